The summed E-state index contributed by atoms with van der Waals surface area (Å²) in [6.45, 7) is 3.37. The third-order valence-electron chi connectivity index (χ3n) is 9.65. The second-order valence-electron chi connectivity index (χ2n) is 12.6. The van der Waals surface area contributed by atoms with Gasteiger partial charge in [-0.05, 0) is 74.4 Å². The zero-order chi connectivity index (χ0) is 28.1. The fourth-order valence-electron chi connectivity index (χ4n) is 7.32. The van der Waals surface area contributed by atoms with E-state index in [-0.39, 0.29) is 30.5 Å². The summed E-state index contributed by atoms with van der Waals surface area (Å²) in [4.78, 5) is 4.45. The number of nitrogens with zero attached hydrogens (tertiary/aromatic N) is 4. The predicted octanol–water partition coefficient (Wildman–Crippen LogP) is 6.22. The molecule has 3 atom stereocenters. The van der Waals surface area contributed by atoms with Crippen LogP contribution in [0.15, 0.2) is 30.5 Å². The smallest absolute Gasteiger partial charge is 0.150 e. The number of likely N-dealkylation sites (tertiary alicyclic amines) is 1. The lowest BCUT2D eigenvalue weighted by Crippen LogP contribution is -2.54. The van der Waals surface area contributed by atoms with Crippen molar-refractivity contribution < 1.29 is 17.9 Å². The van der Waals surface area contributed by atoms with Crippen LogP contribution in [0.5, 0.6) is 0 Å². The molecule has 0 amide bonds. The van der Waals surface area contributed by atoms with Crippen molar-refractivity contribution in [3.05, 3.63) is 58.8 Å². The summed E-state index contributed by atoms with van der Waals surface area (Å²) >= 11 is 0. The zero-order valence-electron chi connectivity index (χ0n) is 23.8. The van der Waals surface area contributed by atoms with Crippen molar-refractivity contribution in [2.45, 2.75) is 75.7 Å². The first kappa shape index (κ1) is 27.2. The van der Waals surface area contributed by atoms with Crippen molar-refractivity contribution in [3.8, 4) is 0 Å². The lowest BCUT2D eigenvalue weighted by atomic mass is 9.76. The van der Waals surface area contributed by atoms with Gasteiger partial charge in [-0.15, -0.1) is 0 Å². The maximum absolute atomic E-state index is 16.0. The van der Waals surface area contributed by atoms with Crippen molar-refractivity contribution in [3.63, 3.8) is 0 Å². The van der Waals surface area contributed by atoms with E-state index in [4.69, 9.17) is 9.84 Å². The van der Waals surface area contributed by atoms with E-state index in [0.717, 1.165) is 74.0 Å². The van der Waals surface area contributed by atoms with E-state index in [2.05, 4.69) is 34.3 Å². The predicted molar refractivity (Wildman–Crippen MR) is 154 cm³/mol. The second kappa shape index (κ2) is 11.2. The minimum atomic E-state index is -0.500. The Bertz CT molecular complexity index is 1370. The largest absolute Gasteiger partial charge is 0.380 e. The molecule has 1 unspecified atom stereocenters. The molecule has 4 aliphatic rings. The molecule has 3 aromatic rings. The monoisotopic (exact) mass is 567 g/mol. The number of alkyl halides is 1. The molecule has 3 aliphatic heterocycles. The van der Waals surface area contributed by atoms with Crippen LogP contribution < -0.4 is 5.32 Å². The van der Waals surface area contributed by atoms with E-state index in [1.807, 2.05) is 10.9 Å². The number of hydrogen-bond acceptors (Lipinski definition) is 5. The number of halogens is 3. The number of fused-ring (bicyclic) bond motifs is 3. The van der Waals surface area contributed by atoms with Crippen LogP contribution in [-0.4, -0.2) is 71.6 Å². The van der Waals surface area contributed by atoms with Gasteiger partial charge in [0.15, 0.2) is 6.23 Å². The summed E-state index contributed by atoms with van der Waals surface area (Å²) in [5.74, 6) is -0.788. The SMILES string of the molecule is CN1Cc2c(ccc3c2cnn3C2CCCCO2)[C@@H](c2c(F)cc(NC3CN(CCCF)C3)cc2F)[C@@H]1CC1CC1. The molecule has 7 rings (SSSR count). The Balaban J connectivity index is 1.22. The van der Waals surface area contributed by atoms with Gasteiger partial charge in [-0.3, -0.25) is 14.2 Å². The number of hydrogen-bond donors (Lipinski definition) is 1. The highest BCUT2D eigenvalue weighted by Crippen LogP contribution is 2.47. The Morgan fingerprint density at radius 2 is 1.88 bits per heavy atom. The molecule has 0 radical (unpaired) electrons. The van der Waals surface area contributed by atoms with Gasteiger partial charge in [0.2, 0.25) is 0 Å². The molecule has 1 aliphatic carbocycles. The molecule has 9 heteroatoms. The Labute approximate surface area is 239 Å². The van der Waals surface area contributed by atoms with Crippen LogP contribution in [0.3, 0.4) is 0 Å². The topological polar surface area (TPSA) is 45.6 Å². The average Bonchev–Trinajstić information content (AvgIpc) is 3.66. The van der Waals surface area contributed by atoms with Gasteiger partial charge in [0.25, 0.3) is 0 Å². The average molecular weight is 568 g/mol. The summed E-state index contributed by atoms with van der Waals surface area (Å²) in [7, 11) is 2.09. The molecule has 3 fully saturated rings. The minimum Gasteiger partial charge on any atom is -0.380 e. The first-order chi connectivity index (χ1) is 20.0. The van der Waals surface area contributed by atoms with Crippen molar-refractivity contribution in [1.82, 2.24) is 19.6 Å². The number of likely N-dealkylation sites (N-methyl/N-ethyl adjacent to an activating group) is 1. The van der Waals surface area contributed by atoms with Crippen LogP contribution >= 0.6 is 0 Å². The van der Waals surface area contributed by atoms with E-state index >= 15 is 8.78 Å². The lowest BCUT2D eigenvalue weighted by molar-refractivity contribution is -0.0366. The molecule has 41 heavy (non-hydrogen) atoms. The normalized spacial score (nSPS) is 25.8. The molecule has 4 heterocycles. The Kier molecular flexibility index (Phi) is 7.46. The number of benzene rings is 2. The third-order valence-corrected chi connectivity index (χ3v) is 9.65. The molecule has 1 aromatic heterocycles. The molecular formula is C32H40F3N5O. The molecule has 220 valence electrons. The second-order valence-corrected chi connectivity index (χ2v) is 12.6. The zero-order valence-corrected chi connectivity index (χ0v) is 23.8. The Morgan fingerprint density at radius 1 is 1.07 bits per heavy atom. The fourth-order valence-corrected chi connectivity index (χ4v) is 7.32. The van der Waals surface area contributed by atoms with Gasteiger partial charge in [-0.2, -0.15) is 5.10 Å². The number of aromatic nitrogens is 2. The fraction of sp³-hybridized carbons (Fsp3) is 0.594. The third kappa shape index (κ3) is 5.25. The lowest BCUT2D eigenvalue weighted by Gasteiger charge is -2.42. The highest BCUT2D eigenvalue weighted by atomic mass is 19.1. The van der Waals surface area contributed by atoms with Gasteiger partial charge in [0.1, 0.15) is 11.6 Å². The summed E-state index contributed by atoms with van der Waals surface area (Å²) in [5, 5.41) is 9.06. The number of nitrogens with one attached hydrogen (secondary N) is 1. The molecule has 2 aromatic carbocycles. The van der Waals surface area contributed by atoms with Gasteiger partial charge >= 0.3 is 0 Å². The Morgan fingerprint density at radius 3 is 2.59 bits per heavy atom. The number of ether oxygens (including phenoxy) is 1. The molecule has 0 spiro atoms. The molecule has 2 saturated heterocycles. The summed E-state index contributed by atoms with van der Waals surface area (Å²) in [6.07, 6.45) is 8.80. The van der Waals surface area contributed by atoms with Crippen LogP contribution in [0.4, 0.5) is 18.9 Å². The van der Waals surface area contributed by atoms with Gasteiger partial charge in [0, 0.05) is 61.4 Å². The first-order valence-electron chi connectivity index (χ1n) is 15.3. The summed E-state index contributed by atoms with van der Waals surface area (Å²) in [5.41, 5.74) is 3.75. The van der Waals surface area contributed by atoms with Gasteiger partial charge in [-0.1, -0.05) is 18.9 Å². The molecular weight excluding hydrogens is 527 g/mol. The van der Waals surface area contributed by atoms with E-state index < -0.39 is 17.6 Å². The van der Waals surface area contributed by atoms with Gasteiger partial charge in [-0.25, -0.2) is 13.5 Å². The number of anilines is 1. The van der Waals surface area contributed by atoms with Gasteiger partial charge in [0.05, 0.1) is 24.4 Å². The van der Waals surface area contributed by atoms with E-state index in [1.165, 1.54) is 25.0 Å². The van der Waals surface area contributed by atoms with Crippen LogP contribution in [-0.2, 0) is 11.3 Å². The standard InChI is InChI=1S/C32H40F3N5O/c1-38-19-25-23(8-9-28-24(25)16-36-40(28)30-5-2-3-12-41-30)31(29(38)13-20-6-7-20)32-26(34)14-21(15-27(32)35)37-22-17-39(18-22)11-4-10-33/h8-9,14-16,20,22,29-31,37H,2-7,10-13,17-19H2,1H3/t29-,30?,31+/m0/s1. The summed E-state index contributed by atoms with van der Waals surface area (Å²) in [6, 6.07) is 7.21. The van der Waals surface area contributed by atoms with Crippen molar-refractivity contribution in [2.75, 3.05) is 45.3 Å². The van der Waals surface area contributed by atoms with Crippen LogP contribution in [0.1, 0.15) is 73.8 Å². The van der Waals surface area contributed by atoms with E-state index in [0.29, 0.717) is 24.6 Å². The van der Waals surface area contributed by atoms with E-state index in [1.54, 1.807) is 0 Å². The van der Waals surface area contributed by atoms with Crippen LogP contribution in [0, 0.1) is 17.6 Å². The summed E-state index contributed by atoms with van der Waals surface area (Å²) < 4.78 is 52.6. The molecule has 1 N–H and O–H groups in total. The molecule has 0 bridgehead atoms. The minimum absolute atomic E-state index is 0.0164. The highest BCUT2D eigenvalue weighted by molar-refractivity contribution is 5.84. The first-order valence-corrected chi connectivity index (χ1v) is 15.3. The van der Waals surface area contributed by atoms with E-state index in [9.17, 15) is 4.39 Å². The maximum Gasteiger partial charge on any atom is 0.150 e. The van der Waals surface area contributed by atoms with Crippen molar-refractivity contribution >= 4 is 16.6 Å². The highest BCUT2D eigenvalue weighted by Gasteiger charge is 2.41. The molecule has 1 saturated carbocycles. The van der Waals surface area contributed by atoms with Crippen molar-refractivity contribution in [1.29, 1.82) is 0 Å². The maximum atomic E-state index is 16.0. The van der Waals surface area contributed by atoms with Crippen LogP contribution in [0.25, 0.3) is 10.9 Å². The Hall–Kier alpha value is -2.62. The van der Waals surface area contributed by atoms with Crippen molar-refractivity contribution in [2.24, 2.45) is 5.92 Å². The van der Waals surface area contributed by atoms with Crippen LogP contribution in [0.2, 0.25) is 0 Å². The number of rotatable bonds is 9. The quantitative estimate of drug-likeness (QED) is 0.333. The van der Waals surface area contributed by atoms with Gasteiger partial charge < -0.3 is 10.1 Å². The molecule has 6 nitrogen and oxygen atoms in total.